The van der Waals surface area contributed by atoms with Crippen molar-refractivity contribution < 1.29 is 14.3 Å². The largest absolute Gasteiger partial charge is 0.484 e. The molecule has 2 aromatic carbocycles. The minimum atomic E-state index is -0.677. The van der Waals surface area contributed by atoms with Gasteiger partial charge in [0.05, 0.1) is 10.0 Å². The number of halogens is 2. The van der Waals surface area contributed by atoms with E-state index in [9.17, 15) is 9.59 Å². The number of hydrogen-bond acceptors (Lipinski definition) is 3. The molecule has 0 bridgehead atoms. The number of carbonyl (C=O) groups excluding carboxylic acids is 2. The minimum Gasteiger partial charge on any atom is -0.484 e. The van der Waals surface area contributed by atoms with Crippen molar-refractivity contribution >= 4 is 35.0 Å². The molecule has 5 nitrogen and oxygen atoms in total. The van der Waals surface area contributed by atoms with Crippen molar-refractivity contribution in [1.29, 1.82) is 0 Å². The summed E-state index contributed by atoms with van der Waals surface area (Å²) in [4.78, 5) is 27.2. The van der Waals surface area contributed by atoms with E-state index in [0.717, 1.165) is 16.7 Å². The number of hydrogen-bond donors (Lipinski definition) is 1. The molecule has 0 saturated carbocycles. The number of amides is 2. The molecule has 2 amide bonds. The maximum Gasteiger partial charge on any atom is 0.261 e. The fourth-order valence-electron chi connectivity index (χ4n) is 2.90. The van der Waals surface area contributed by atoms with Crippen LogP contribution in [-0.4, -0.2) is 35.9 Å². The molecule has 0 saturated heterocycles. The predicted octanol–water partition coefficient (Wildman–Crippen LogP) is 5.18. The van der Waals surface area contributed by atoms with Crippen LogP contribution in [0.3, 0.4) is 0 Å². The van der Waals surface area contributed by atoms with E-state index in [-0.39, 0.29) is 25.0 Å². The minimum absolute atomic E-state index is 0.175. The highest BCUT2D eigenvalue weighted by Gasteiger charge is 2.26. The molecule has 0 aliphatic rings. The summed E-state index contributed by atoms with van der Waals surface area (Å²) in [6, 6.07) is 10.2. The first-order valence-corrected chi connectivity index (χ1v) is 11.0. The number of nitrogens with zero attached hydrogens (tertiary/aromatic N) is 1. The Balaban J connectivity index is 2.17. The molecule has 2 rings (SSSR count). The molecule has 0 spiro atoms. The first kappa shape index (κ1) is 25.0. The summed E-state index contributed by atoms with van der Waals surface area (Å²) >= 11 is 12.1. The average molecular weight is 465 g/mol. The first-order chi connectivity index (χ1) is 14.6. The summed E-state index contributed by atoms with van der Waals surface area (Å²) in [7, 11) is 0. The summed E-state index contributed by atoms with van der Waals surface area (Å²) < 4.78 is 5.72. The molecule has 0 aliphatic heterocycles. The average Bonchev–Trinajstić information content (AvgIpc) is 2.72. The molecule has 31 heavy (non-hydrogen) atoms. The Morgan fingerprint density at radius 3 is 2.32 bits per heavy atom. The number of ether oxygens (including phenoxy) is 1. The molecule has 0 unspecified atom stereocenters. The van der Waals surface area contributed by atoms with Gasteiger partial charge in [0.15, 0.2) is 6.61 Å². The summed E-state index contributed by atoms with van der Waals surface area (Å²) in [5, 5.41) is 3.72. The monoisotopic (exact) mass is 464 g/mol. The molecule has 7 heteroatoms. The van der Waals surface area contributed by atoms with E-state index < -0.39 is 6.04 Å². The van der Waals surface area contributed by atoms with E-state index in [1.165, 1.54) is 4.90 Å². The standard InChI is InChI=1S/C24H30Cl2N2O3/c1-15(2)12-27-24(30)18(5)28(13-19-7-9-21(25)22(26)11-19)23(29)14-31-20-8-6-16(3)17(4)10-20/h6-11,15,18H,12-14H2,1-5H3,(H,27,30)/t18-/m1/s1. The van der Waals surface area contributed by atoms with E-state index in [4.69, 9.17) is 27.9 Å². The lowest BCUT2D eigenvalue weighted by molar-refractivity contribution is -0.142. The maximum atomic E-state index is 13.1. The topological polar surface area (TPSA) is 58.6 Å². The normalized spacial score (nSPS) is 11.9. The zero-order chi connectivity index (χ0) is 23.1. The molecule has 1 atom stereocenters. The second-order valence-electron chi connectivity index (χ2n) is 8.12. The molecular formula is C24H30Cl2N2O3. The van der Waals surface area contributed by atoms with Crippen LogP contribution in [0.15, 0.2) is 36.4 Å². The van der Waals surface area contributed by atoms with Crippen molar-refractivity contribution in [1.82, 2.24) is 10.2 Å². The van der Waals surface area contributed by atoms with Gasteiger partial charge in [0.1, 0.15) is 11.8 Å². The van der Waals surface area contributed by atoms with Gasteiger partial charge in [-0.1, -0.05) is 49.2 Å². The van der Waals surface area contributed by atoms with Gasteiger partial charge in [0.2, 0.25) is 5.91 Å². The van der Waals surface area contributed by atoms with Crippen LogP contribution in [0.2, 0.25) is 10.0 Å². The van der Waals surface area contributed by atoms with Crippen LogP contribution in [0.4, 0.5) is 0 Å². The van der Waals surface area contributed by atoms with E-state index in [1.807, 2.05) is 45.9 Å². The summed E-state index contributed by atoms with van der Waals surface area (Å²) in [5.74, 6) is 0.413. The van der Waals surface area contributed by atoms with E-state index in [0.29, 0.717) is 28.3 Å². The Morgan fingerprint density at radius 1 is 1.00 bits per heavy atom. The molecule has 0 aromatic heterocycles. The van der Waals surface area contributed by atoms with Crippen LogP contribution in [0.5, 0.6) is 5.75 Å². The lowest BCUT2D eigenvalue weighted by Gasteiger charge is -2.29. The van der Waals surface area contributed by atoms with Gasteiger partial charge in [-0.2, -0.15) is 0 Å². The highest BCUT2D eigenvalue weighted by atomic mass is 35.5. The fraction of sp³-hybridized carbons (Fsp3) is 0.417. The van der Waals surface area contributed by atoms with Crippen LogP contribution >= 0.6 is 23.2 Å². The van der Waals surface area contributed by atoms with Crippen LogP contribution in [0.1, 0.15) is 37.5 Å². The summed E-state index contributed by atoms with van der Waals surface area (Å²) in [6.07, 6.45) is 0. The van der Waals surface area contributed by atoms with Gasteiger partial charge >= 0.3 is 0 Å². The van der Waals surface area contributed by atoms with Crippen LogP contribution in [-0.2, 0) is 16.1 Å². The summed E-state index contributed by atoms with van der Waals surface area (Å²) in [6.45, 7) is 10.3. The van der Waals surface area contributed by atoms with Gasteiger partial charge < -0.3 is 15.0 Å². The third kappa shape index (κ3) is 7.44. The van der Waals surface area contributed by atoms with E-state index in [1.54, 1.807) is 25.1 Å². The van der Waals surface area contributed by atoms with Crippen molar-refractivity contribution in [3.63, 3.8) is 0 Å². The van der Waals surface area contributed by atoms with Crippen molar-refractivity contribution in [2.45, 2.75) is 47.2 Å². The Morgan fingerprint density at radius 2 is 1.71 bits per heavy atom. The molecule has 0 aliphatic carbocycles. The van der Waals surface area contributed by atoms with Gasteiger partial charge in [-0.3, -0.25) is 9.59 Å². The first-order valence-electron chi connectivity index (χ1n) is 10.3. The zero-order valence-corrected chi connectivity index (χ0v) is 20.2. The van der Waals surface area contributed by atoms with Crippen molar-refractivity contribution in [2.24, 2.45) is 5.92 Å². The third-order valence-corrected chi connectivity index (χ3v) is 5.77. The molecule has 0 radical (unpaired) electrons. The molecule has 0 fully saturated rings. The van der Waals surface area contributed by atoms with Gasteiger partial charge in [-0.25, -0.2) is 0 Å². The van der Waals surface area contributed by atoms with Crippen LogP contribution in [0, 0.1) is 19.8 Å². The van der Waals surface area contributed by atoms with Gasteiger partial charge in [-0.05, 0) is 67.6 Å². The zero-order valence-electron chi connectivity index (χ0n) is 18.7. The molecule has 168 valence electrons. The number of aryl methyl sites for hydroxylation is 2. The van der Waals surface area contributed by atoms with E-state index in [2.05, 4.69) is 5.32 Å². The molecule has 1 N–H and O–H groups in total. The molecular weight excluding hydrogens is 435 g/mol. The highest BCUT2D eigenvalue weighted by Crippen LogP contribution is 2.24. The summed E-state index contributed by atoms with van der Waals surface area (Å²) in [5.41, 5.74) is 3.01. The second-order valence-corrected chi connectivity index (χ2v) is 8.93. The third-order valence-electron chi connectivity index (χ3n) is 5.03. The Kier molecular flexibility index (Phi) is 9.20. The number of rotatable bonds is 9. The SMILES string of the molecule is Cc1ccc(OCC(=O)N(Cc2ccc(Cl)c(Cl)c2)[C@H](C)C(=O)NCC(C)C)cc1C. The Bertz CT molecular complexity index is 931. The van der Waals surface area contributed by atoms with Crippen molar-refractivity contribution in [2.75, 3.05) is 13.2 Å². The van der Waals surface area contributed by atoms with Crippen molar-refractivity contribution in [3.8, 4) is 5.75 Å². The lowest BCUT2D eigenvalue weighted by Crippen LogP contribution is -2.49. The Labute approximate surface area is 194 Å². The number of benzene rings is 2. The quantitative estimate of drug-likeness (QED) is 0.555. The van der Waals surface area contributed by atoms with Crippen LogP contribution < -0.4 is 10.1 Å². The lowest BCUT2D eigenvalue weighted by atomic mass is 10.1. The second kappa shape index (κ2) is 11.4. The maximum absolute atomic E-state index is 13.1. The smallest absolute Gasteiger partial charge is 0.261 e. The fourth-order valence-corrected chi connectivity index (χ4v) is 3.22. The highest BCUT2D eigenvalue weighted by molar-refractivity contribution is 6.42. The number of carbonyl (C=O) groups is 2. The van der Waals surface area contributed by atoms with Gasteiger partial charge in [-0.15, -0.1) is 0 Å². The number of nitrogens with one attached hydrogen (secondary N) is 1. The predicted molar refractivity (Wildman–Crippen MR) is 126 cm³/mol. The van der Waals surface area contributed by atoms with Crippen molar-refractivity contribution in [3.05, 3.63) is 63.1 Å². The van der Waals surface area contributed by atoms with Crippen LogP contribution in [0.25, 0.3) is 0 Å². The Hall–Kier alpha value is -2.24. The molecule has 2 aromatic rings. The van der Waals surface area contributed by atoms with Gasteiger partial charge in [0, 0.05) is 13.1 Å². The van der Waals surface area contributed by atoms with E-state index >= 15 is 0 Å². The van der Waals surface area contributed by atoms with Gasteiger partial charge in [0.25, 0.3) is 5.91 Å². The molecule has 0 heterocycles.